The number of ether oxygens (including phenoxy) is 1. The van der Waals surface area contributed by atoms with Crippen LogP contribution >= 0.6 is 0 Å². The highest BCUT2D eigenvalue weighted by atomic mass is 19.4. The smallest absolute Gasteiger partial charge is 0.419 e. The van der Waals surface area contributed by atoms with Gasteiger partial charge in [-0.25, -0.2) is 9.97 Å². The monoisotopic (exact) mass is 328 g/mol. The van der Waals surface area contributed by atoms with E-state index < -0.39 is 11.7 Å². The van der Waals surface area contributed by atoms with E-state index in [0.717, 1.165) is 11.5 Å². The Balaban J connectivity index is 2.02. The Bertz CT molecular complexity index is 956. The van der Waals surface area contributed by atoms with Gasteiger partial charge in [-0.1, -0.05) is 6.07 Å². The normalized spacial score (nSPS) is 11.0. The number of hydrogen-bond acceptors (Lipinski definition) is 3. The molecule has 1 aromatic carbocycles. The zero-order valence-corrected chi connectivity index (χ0v) is 12.6. The van der Waals surface area contributed by atoms with Crippen molar-refractivity contribution >= 4 is 10.9 Å². The van der Waals surface area contributed by atoms with E-state index in [1.165, 1.54) is 12.3 Å². The third-order valence-corrected chi connectivity index (χ3v) is 3.33. The molecule has 0 aliphatic rings. The molecule has 3 rings (SSSR count). The first-order valence-electron chi connectivity index (χ1n) is 6.97. The molecule has 6 heteroatoms. The van der Waals surface area contributed by atoms with Crippen LogP contribution in [-0.2, 0) is 6.18 Å². The Morgan fingerprint density at radius 1 is 1.00 bits per heavy atom. The summed E-state index contributed by atoms with van der Waals surface area (Å²) in [7, 11) is 1.56. The maximum Gasteiger partial charge on any atom is 0.419 e. The van der Waals surface area contributed by atoms with Gasteiger partial charge >= 0.3 is 6.18 Å². The Morgan fingerprint density at radius 2 is 1.83 bits per heavy atom. The standard InChI is InChI=1S/C18H11F3N2O/c1-24-17-6-2-5-15-13(17)9-7-12(23-15)8-10-16-14(18(19,20)21)4-3-11-22-16/h2-7,9,11H,1H3. The van der Waals surface area contributed by atoms with E-state index in [9.17, 15) is 13.2 Å². The average molecular weight is 328 g/mol. The molecular weight excluding hydrogens is 317 g/mol. The Labute approximate surface area is 136 Å². The van der Waals surface area contributed by atoms with Gasteiger partial charge in [-0.3, -0.25) is 0 Å². The molecule has 0 spiro atoms. The fraction of sp³-hybridized carbons (Fsp3) is 0.111. The first-order valence-corrected chi connectivity index (χ1v) is 6.97. The summed E-state index contributed by atoms with van der Waals surface area (Å²) >= 11 is 0. The zero-order valence-electron chi connectivity index (χ0n) is 12.6. The molecule has 0 fully saturated rings. The second-order valence-electron chi connectivity index (χ2n) is 4.87. The summed E-state index contributed by atoms with van der Waals surface area (Å²) in [5.74, 6) is 5.76. The number of pyridine rings is 2. The SMILES string of the molecule is COc1cccc2nc(C#Cc3ncccc3C(F)(F)F)ccc12. The lowest BCUT2D eigenvalue weighted by molar-refractivity contribution is -0.138. The quantitative estimate of drug-likeness (QED) is 0.632. The van der Waals surface area contributed by atoms with Gasteiger partial charge in [0, 0.05) is 11.6 Å². The molecule has 24 heavy (non-hydrogen) atoms. The molecule has 0 radical (unpaired) electrons. The fourth-order valence-corrected chi connectivity index (χ4v) is 2.23. The van der Waals surface area contributed by atoms with E-state index in [4.69, 9.17) is 4.74 Å². The predicted octanol–water partition coefficient (Wildman–Crippen LogP) is 4.06. The van der Waals surface area contributed by atoms with Crippen LogP contribution in [0.25, 0.3) is 10.9 Å². The Kier molecular flexibility index (Phi) is 4.09. The molecule has 2 aromatic heterocycles. The second kappa shape index (κ2) is 6.20. The van der Waals surface area contributed by atoms with Crippen LogP contribution in [0.5, 0.6) is 5.75 Å². The van der Waals surface area contributed by atoms with Gasteiger partial charge in [0.2, 0.25) is 0 Å². The molecular formula is C18H11F3N2O. The van der Waals surface area contributed by atoms with Gasteiger partial charge in [0.15, 0.2) is 0 Å². The maximum absolute atomic E-state index is 12.9. The van der Waals surface area contributed by atoms with Crippen molar-refractivity contribution in [1.29, 1.82) is 0 Å². The van der Waals surface area contributed by atoms with Crippen LogP contribution in [0.2, 0.25) is 0 Å². The van der Waals surface area contributed by atoms with Crippen LogP contribution in [0.4, 0.5) is 13.2 Å². The van der Waals surface area contributed by atoms with Gasteiger partial charge < -0.3 is 4.74 Å². The molecule has 0 amide bonds. The van der Waals surface area contributed by atoms with Gasteiger partial charge in [0.05, 0.1) is 18.2 Å². The predicted molar refractivity (Wildman–Crippen MR) is 83.5 cm³/mol. The summed E-state index contributed by atoms with van der Waals surface area (Å²) in [5, 5.41) is 0.805. The fourth-order valence-electron chi connectivity index (χ4n) is 2.23. The lowest BCUT2D eigenvalue weighted by atomic mass is 10.1. The number of alkyl halides is 3. The van der Waals surface area contributed by atoms with Crippen LogP contribution in [0.15, 0.2) is 48.7 Å². The molecule has 3 nitrogen and oxygen atoms in total. The third kappa shape index (κ3) is 3.15. The molecule has 0 aliphatic carbocycles. The van der Waals surface area contributed by atoms with E-state index in [0.29, 0.717) is 17.0 Å². The molecule has 0 saturated heterocycles. The second-order valence-corrected chi connectivity index (χ2v) is 4.87. The number of rotatable bonds is 1. The summed E-state index contributed by atoms with van der Waals surface area (Å²) in [6, 6.07) is 11.0. The highest BCUT2D eigenvalue weighted by Gasteiger charge is 2.33. The number of hydrogen-bond donors (Lipinski definition) is 0. The average Bonchev–Trinajstić information content (AvgIpc) is 2.58. The molecule has 0 aliphatic heterocycles. The van der Waals surface area contributed by atoms with Gasteiger partial charge in [-0.2, -0.15) is 13.2 Å². The van der Waals surface area contributed by atoms with Crippen molar-refractivity contribution in [3.8, 4) is 17.6 Å². The minimum Gasteiger partial charge on any atom is -0.496 e. The van der Waals surface area contributed by atoms with E-state index in [1.54, 1.807) is 37.4 Å². The number of methoxy groups -OCH3 is 1. The van der Waals surface area contributed by atoms with Gasteiger partial charge in [0.25, 0.3) is 0 Å². The summed E-state index contributed by atoms with van der Waals surface area (Å²) in [6.07, 6.45) is -3.22. The zero-order chi connectivity index (χ0) is 17.2. The first-order chi connectivity index (χ1) is 11.5. The van der Waals surface area contributed by atoms with Crippen molar-refractivity contribution in [2.75, 3.05) is 7.11 Å². The van der Waals surface area contributed by atoms with Crippen molar-refractivity contribution in [3.05, 3.63) is 65.6 Å². The minimum absolute atomic E-state index is 0.322. The molecule has 0 atom stereocenters. The lowest BCUT2D eigenvalue weighted by Crippen LogP contribution is -2.08. The van der Waals surface area contributed by atoms with Gasteiger partial charge in [-0.05, 0) is 48.2 Å². The number of aromatic nitrogens is 2. The van der Waals surface area contributed by atoms with Crippen LogP contribution in [-0.4, -0.2) is 17.1 Å². The largest absolute Gasteiger partial charge is 0.496 e. The number of nitrogens with zero attached hydrogens (tertiary/aromatic N) is 2. The van der Waals surface area contributed by atoms with Crippen LogP contribution in [0.1, 0.15) is 17.0 Å². The van der Waals surface area contributed by atoms with Crippen molar-refractivity contribution in [3.63, 3.8) is 0 Å². The maximum atomic E-state index is 12.9. The van der Waals surface area contributed by atoms with Crippen molar-refractivity contribution in [2.45, 2.75) is 6.18 Å². The Hall–Kier alpha value is -3.07. The minimum atomic E-state index is -4.50. The van der Waals surface area contributed by atoms with Crippen LogP contribution in [0, 0.1) is 11.8 Å². The van der Waals surface area contributed by atoms with Gasteiger partial charge in [0.1, 0.15) is 17.1 Å². The topological polar surface area (TPSA) is 35.0 Å². The lowest BCUT2D eigenvalue weighted by Gasteiger charge is -2.07. The molecule has 0 saturated carbocycles. The van der Waals surface area contributed by atoms with E-state index in [2.05, 4.69) is 21.8 Å². The van der Waals surface area contributed by atoms with E-state index in [1.807, 2.05) is 0 Å². The molecule has 120 valence electrons. The van der Waals surface area contributed by atoms with Crippen LogP contribution < -0.4 is 4.74 Å². The summed E-state index contributed by atoms with van der Waals surface area (Å²) in [6.45, 7) is 0. The summed E-state index contributed by atoms with van der Waals surface area (Å²) in [5.41, 5.74) is -0.176. The molecule has 3 aromatic rings. The third-order valence-electron chi connectivity index (χ3n) is 3.33. The number of benzene rings is 1. The molecule has 0 N–H and O–H groups in total. The van der Waals surface area contributed by atoms with Crippen molar-refractivity contribution < 1.29 is 17.9 Å². The van der Waals surface area contributed by atoms with Crippen molar-refractivity contribution in [1.82, 2.24) is 9.97 Å². The summed E-state index contributed by atoms with van der Waals surface area (Å²) < 4.78 is 44.0. The highest BCUT2D eigenvalue weighted by molar-refractivity contribution is 5.85. The highest BCUT2D eigenvalue weighted by Crippen LogP contribution is 2.30. The Morgan fingerprint density at radius 3 is 2.58 bits per heavy atom. The van der Waals surface area contributed by atoms with Gasteiger partial charge in [-0.15, -0.1) is 0 Å². The molecule has 0 bridgehead atoms. The van der Waals surface area contributed by atoms with Crippen molar-refractivity contribution in [2.24, 2.45) is 0 Å². The molecule has 2 heterocycles. The van der Waals surface area contributed by atoms with Crippen LogP contribution in [0.3, 0.4) is 0 Å². The first kappa shape index (κ1) is 15.8. The van der Waals surface area contributed by atoms with E-state index in [-0.39, 0.29) is 5.69 Å². The molecule has 0 unspecified atom stereocenters. The summed E-state index contributed by atoms with van der Waals surface area (Å²) in [4.78, 5) is 8.04. The number of fused-ring (bicyclic) bond motifs is 1. The number of halogens is 3. The van der Waals surface area contributed by atoms with E-state index >= 15 is 0 Å².